The zero-order valence-corrected chi connectivity index (χ0v) is 29.4. The average molecular weight is 946 g/mol. The fourth-order valence-corrected chi connectivity index (χ4v) is 5.73. The number of rotatable bonds is 6. The first kappa shape index (κ1) is 50.1. The number of carbonyl (C=O) groups is 2. The van der Waals surface area contributed by atoms with Crippen LogP contribution < -0.4 is 21.9 Å². The lowest BCUT2D eigenvalue weighted by Gasteiger charge is -2.22. The van der Waals surface area contributed by atoms with E-state index in [1.807, 2.05) is 0 Å². The molecule has 0 aliphatic carbocycles. The maximum atomic E-state index is 13.8. The van der Waals surface area contributed by atoms with Gasteiger partial charge in [0.05, 0.1) is 44.5 Å². The summed E-state index contributed by atoms with van der Waals surface area (Å²) < 4.78 is 337. The van der Waals surface area contributed by atoms with E-state index in [-0.39, 0.29) is 0 Å². The van der Waals surface area contributed by atoms with Crippen LogP contribution in [0.3, 0.4) is 0 Å². The van der Waals surface area contributed by atoms with E-state index in [0.29, 0.717) is 0 Å². The summed E-state index contributed by atoms with van der Waals surface area (Å²) in [6, 6.07) is -6.88. The fraction of sp³-hybridized carbons (Fsp3) is 0.235. The molecule has 63 heavy (non-hydrogen) atoms. The molecule has 0 aromatic heterocycles. The van der Waals surface area contributed by atoms with E-state index in [1.54, 1.807) is 0 Å². The van der Waals surface area contributed by atoms with Gasteiger partial charge in [0.25, 0.3) is 11.7 Å². The zero-order chi connectivity index (χ0) is 48.4. The Kier molecular flexibility index (Phi) is 12.9. The Hall–Kier alpha value is -5.53. The molecule has 0 atom stereocenters. The van der Waals surface area contributed by atoms with Gasteiger partial charge in [0, 0.05) is 0 Å². The molecule has 0 saturated carbocycles. The van der Waals surface area contributed by atoms with Crippen LogP contribution >= 0.6 is 0 Å². The first-order chi connectivity index (χ1) is 28.1. The first-order valence-corrected chi connectivity index (χ1v) is 16.0. The summed E-state index contributed by atoms with van der Waals surface area (Å²) in [6.07, 6.45) is -47.4. The van der Waals surface area contributed by atoms with Gasteiger partial charge in [0.1, 0.15) is 0 Å². The molecule has 0 saturated heterocycles. The second-order valence-electron chi connectivity index (χ2n) is 13.0. The lowest BCUT2D eigenvalue weighted by atomic mass is 9.38. The summed E-state index contributed by atoms with van der Waals surface area (Å²) in [5.74, 6) is -5.84. The van der Waals surface area contributed by atoms with Gasteiger partial charge in [0.2, 0.25) is 0 Å². The number of alkyl halides is 24. The van der Waals surface area contributed by atoms with E-state index < -0.39 is 214 Å². The highest BCUT2D eigenvalue weighted by Gasteiger charge is 2.47. The number of benzene rings is 4. The monoisotopic (exact) mass is 946 g/mol. The molecule has 0 unspecified atom stereocenters. The van der Waals surface area contributed by atoms with Crippen molar-refractivity contribution >= 4 is 47.0 Å². The maximum Gasteiger partial charge on any atom is 0.416 e. The molecule has 0 spiro atoms. The molecule has 0 N–H and O–H groups in total. The van der Waals surface area contributed by atoms with Crippen LogP contribution in [-0.2, 0) is 54.1 Å². The summed E-state index contributed by atoms with van der Waals surface area (Å²) in [5, 5.41) is 0. The number of halogens is 24. The second-order valence-corrected chi connectivity index (χ2v) is 13.0. The van der Waals surface area contributed by atoms with Crippen LogP contribution in [0.1, 0.15) is 44.5 Å². The molecular weight excluding hydrogens is 934 g/mol. The van der Waals surface area contributed by atoms with Gasteiger partial charge in [-0.05, 0) is 24.3 Å². The Bertz CT molecular complexity index is 1930. The van der Waals surface area contributed by atoms with Crippen LogP contribution in [0.5, 0.6) is 0 Å². The van der Waals surface area contributed by atoms with E-state index in [9.17, 15) is 115 Å². The molecule has 0 aliphatic heterocycles. The average Bonchev–Trinajstić information content (AvgIpc) is 3.08. The molecule has 4 aromatic rings. The van der Waals surface area contributed by atoms with Gasteiger partial charge in [-0.15, -0.1) is 0 Å². The van der Waals surface area contributed by atoms with Gasteiger partial charge >= 0.3 is 62.8 Å². The van der Waals surface area contributed by atoms with Crippen molar-refractivity contribution in [2.45, 2.75) is 49.4 Å². The van der Waals surface area contributed by atoms with E-state index in [4.69, 9.17) is 0 Å². The van der Waals surface area contributed by atoms with Crippen molar-refractivity contribution in [1.29, 1.82) is 0 Å². The maximum absolute atomic E-state index is 13.8. The number of ether oxygens (including phenoxy) is 1. The number of hydrogen-bond donors (Lipinski definition) is 0. The predicted molar refractivity (Wildman–Crippen MR) is 168 cm³/mol. The Morgan fingerprint density at radius 1 is 0.270 bits per heavy atom. The topological polar surface area (TPSA) is 43.4 Å². The molecule has 29 heteroatoms. The second kappa shape index (κ2) is 16.2. The predicted octanol–water partition coefficient (Wildman–Crippen LogP) is 11.2. The third kappa shape index (κ3) is 11.9. The van der Waals surface area contributed by atoms with Crippen molar-refractivity contribution in [1.82, 2.24) is 0 Å². The van der Waals surface area contributed by atoms with Gasteiger partial charge in [0.15, 0.2) is 0 Å². The van der Waals surface area contributed by atoms with Gasteiger partial charge in [-0.25, -0.2) is 0 Å². The molecule has 0 radical (unpaired) electrons. The normalized spacial score (nSPS) is 13.5. The molecule has 4 aromatic carbocycles. The molecule has 0 heterocycles. The highest BCUT2D eigenvalue weighted by Crippen LogP contribution is 2.39. The van der Waals surface area contributed by atoms with Crippen molar-refractivity contribution in [2.24, 2.45) is 0 Å². The highest BCUT2D eigenvalue weighted by molar-refractivity contribution is 7.10. The fourth-order valence-electron chi connectivity index (χ4n) is 5.73. The van der Waals surface area contributed by atoms with Crippen LogP contribution in [-0.4, -0.2) is 25.2 Å². The molecule has 0 bridgehead atoms. The minimum Gasteiger partial charge on any atom is -0.409 e. The lowest BCUT2D eigenvalue weighted by molar-refractivity contribution is -0.144. The van der Waals surface area contributed by atoms with E-state index in [1.165, 1.54) is 0 Å². The van der Waals surface area contributed by atoms with E-state index in [2.05, 4.69) is 4.74 Å². The summed E-state index contributed by atoms with van der Waals surface area (Å²) >= 11 is 0. The summed E-state index contributed by atoms with van der Waals surface area (Å²) in [5.41, 5.74) is -27.4. The van der Waals surface area contributed by atoms with Crippen LogP contribution in [0.25, 0.3) is 0 Å². The van der Waals surface area contributed by atoms with E-state index in [0.717, 1.165) is 0 Å². The highest BCUT2D eigenvalue weighted by atomic mass is 19.4. The first-order valence-electron chi connectivity index (χ1n) is 16.0. The molecule has 3 nitrogen and oxygen atoms in total. The van der Waals surface area contributed by atoms with Gasteiger partial charge in [-0.1, -0.05) is 70.4 Å². The smallest absolute Gasteiger partial charge is 0.409 e. The van der Waals surface area contributed by atoms with Gasteiger partial charge in [-0.3, -0.25) is 9.59 Å². The van der Waals surface area contributed by atoms with Crippen LogP contribution in [0.15, 0.2) is 72.8 Å². The third-order valence-corrected chi connectivity index (χ3v) is 8.45. The standard InChI is InChI=1S/C34H12B2F24O3/c37-27(38,39)13-1-14(28(40,41)42)6-21(5-13)35(22-7-15(29(43,44)45)2-16(8-22)30(46,47)48)25(61)63-26(62)36(23-9-17(31(49,50)51)3-18(10-23)32(52,53)54)24-11-19(33(55,56)57)4-20(12-24)34(58,59)60/h1-12H. The van der Waals surface area contributed by atoms with Crippen LogP contribution in [0.4, 0.5) is 115 Å². The van der Waals surface area contributed by atoms with E-state index >= 15 is 0 Å². The van der Waals surface area contributed by atoms with Crippen LogP contribution in [0.2, 0.25) is 0 Å². The summed E-state index contributed by atoms with van der Waals surface area (Å²) in [7, 11) is 0. The molecule has 0 aliphatic rings. The van der Waals surface area contributed by atoms with Crippen molar-refractivity contribution < 1.29 is 120 Å². The molecule has 340 valence electrons. The Labute approximate surface area is 333 Å². The summed E-state index contributed by atoms with van der Waals surface area (Å²) in [6.45, 7) is -7.17. The Morgan fingerprint density at radius 2 is 0.397 bits per heavy atom. The molecular formula is C34H12B2F24O3. The zero-order valence-electron chi connectivity index (χ0n) is 29.4. The quantitative estimate of drug-likeness (QED) is 0.110. The minimum atomic E-state index is -5.92. The minimum absolute atomic E-state index is 0.512. The molecule has 0 fully saturated rings. The largest absolute Gasteiger partial charge is 0.416 e. The van der Waals surface area contributed by atoms with Gasteiger partial charge < -0.3 is 4.74 Å². The Morgan fingerprint density at radius 3 is 0.508 bits per heavy atom. The Balaban J connectivity index is 2.14. The van der Waals surface area contributed by atoms with Crippen LogP contribution in [0, 0.1) is 0 Å². The van der Waals surface area contributed by atoms with Gasteiger partial charge in [-0.2, -0.15) is 105 Å². The van der Waals surface area contributed by atoms with Crippen molar-refractivity contribution in [2.75, 3.05) is 0 Å². The SMILES string of the molecule is O=C(OC(=O)B(c1cc(C(F)(F)F)cc(C(F)(F)F)c1)c1cc(C(F)(F)F)cc(C(F)(F)F)c1)B(c1cc(C(F)(F)F)cc(C(F)(F)F)c1)c1cc(C(F)(F)F)cc(C(F)(F)F)c1. The number of hydrogen-bond acceptors (Lipinski definition) is 3. The molecule has 0 amide bonds. The number of carbonyl (C=O) groups excluding carboxylic acids is 2. The lowest BCUT2D eigenvalue weighted by Crippen LogP contribution is -2.55. The third-order valence-electron chi connectivity index (χ3n) is 8.45. The molecule has 4 rings (SSSR count). The van der Waals surface area contributed by atoms with Crippen molar-refractivity contribution in [3.8, 4) is 0 Å². The summed E-state index contributed by atoms with van der Waals surface area (Å²) in [4.78, 5) is 27.6. The van der Waals surface area contributed by atoms with Crippen molar-refractivity contribution in [3.05, 3.63) is 117 Å². The van der Waals surface area contributed by atoms with Crippen molar-refractivity contribution in [3.63, 3.8) is 0 Å².